The quantitative estimate of drug-likeness (QED) is 0.326. The maximum Gasteiger partial charge on any atom is 0.342 e. The Morgan fingerprint density at radius 1 is 1.28 bits per heavy atom. The highest BCUT2D eigenvalue weighted by atomic mass is 35.5. The number of carboxylic acids is 1. The number of benzene rings is 2. The first-order valence-electron chi connectivity index (χ1n) is 8.41. The van der Waals surface area contributed by atoms with Gasteiger partial charge in [0, 0.05) is 27.7 Å². The van der Waals surface area contributed by atoms with E-state index in [4.69, 9.17) is 20.8 Å². The van der Waals surface area contributed by atoms with Crippen LogP contribution in [0.3, 0.4) is 0 Å². The van der Waals surface area contributed by atoms with Gasteiger partial charge in [-0.25, -0.2) is 4.79 Å². The van der Waals surface area contributed by atoms with Crippen LogP contribution in [0.4, 0.5) is 0 Å². The molecular weight excluding hydrogens is 414 g/mol. The average Bonchev–Trinajstić information content (AvgIpc) is 3.35. The van der Waals surface area contributed by atoms with E-state index in [1.54, 1.807) is 30.5 Å². The zero-order chi connectivity index (χ0) is 20.4. The van der Waals surface area contributed by atoms with E-state index in [2.05, 4.69) is 15.2 Å². The van der Waals surface area contributed by atoms with Crippen molar-refractivity contribution in [2.45, 2.75) is 5.22 Å². The van der Waals surface area contributed by atoms with E-state index in [-0.39, 0.29) is 16.0 Å². The maximum absolute atomic E-state index is 11.8. The molecule has 0 bridgehead atoms. The maximum atomic E-state index is 11.8. The molecule has 9 heteroatoms. The predicted molar refractivity (Wildman–Crippen MR) is 111 cm³/mol. The molecule has 29 heavy (non-hydrogen) atoms. The summed E-state index contributed by atoms with van der Waals surface area (Å²) < 4.78 is 10.9. The highest BCUT2D eigenvalue weighted by Crippen LogP contribution is 2.35. The van der Waals surface area contributed by atoms with Gasteiger partial charge >= 0.3 is 5.97 Å². The van der Waals surface area contributed by atoms with E-state index in [9.17, 15) is 9.90 Å². The minimum absolute atomic E-state index is 0.0445. The number of nitrogens with zero attached hydrogens (tertiary/aromatic N) is 2. The molecule has 0 aliphatic heterocycles. The van der Waals surface area contributed by atoms with E-state index in [0.29, 0.717) is 16.3 Å². The summed E-state index contributed by atoms with van der Waals surface area (Å²) >= 11 is 6.91. The van der Waals surface area contributed by atoms with Gasteiger partial charge in [0.15, 0.2) is 0 Å². The molecule has 0 amide bonds. The monoisotopic (exact) mass is 427 g/mol. The molecule has 2 heterocycles. The van der Waals surface area contributed by atoms with Gasteiger partial charge in [-0.05, 0) is 42.1 Å². The first kappa shape index (κ1) is 19.1. The predicted octanol–water partition coefficient (Wildman–Crippen LogP) is 5.10. The number of aliphatic carboxylic acids is 1. The number of nitrogens with one attached hydrogen (secondary N) is 1. The normalized spacial score (nSPS) is 11.7. The zero-order valence-corrected chi connectivity index (χ0v) is 16.6. The van der Waals surface area contributed by atoms with E-state index in [1.165, 1.54) is 7.11 Å². The molecule has 0 saturated heterocycles. The summed E-state index contributed by atoms with van der Waals surface area (Å²) in [5.74, 6) is -0.397. The lowest BCUT2D eigenvalue weighted by atomic mass is 10.1. The van der Waals surface area contributed by atoms with Crippen LogP contribution in [0.5, 0.6) is 5.75 Å². The molecule has 0 aliphatic carbocycles. The molecule has 0 unspecified atom stereocenters. The van der Waals surface area contributed by atoms with Crippen molar-refractivity contribution in [3.8, 4) is 17.2 Å². The fourth-order valence-corrected chi connectivity index (χ4v) is 3.63. The van der Waals surface area contributed by atoms with Crippen molar-refractivity contribution in [1.29, 1.82) is 0 Å². The number of H-pyrrole nitrogens is 1. The molecule has 7 nitrogen and oxygen atoms in total. The number of halogens is 1. The number of fused-ring (bicyclic) bond motifs is 1. The minimum Gasteiger partial charge on any atom is -0.496 e. The van der Waals surface area contributed by atoms with Gasteiger partial charge in [-0.15, -0.1) is 10.2 Å². The van der Waals surface area contributed by atoms with Crippen LogP contribution in [0.15, 0.2) is 63.2 Å². The van der Waals surface area contributed by atoms with E-state index in [1.807, 2.05) is 24.3 Å². The molecule has 2 N–H and O–H groups in total. The molecule has 0 radical (unpaired) electrons. The number of para-hydroxylation sites is 1. The minimum atomic E-state index is -1.10. The topological polar surface area (TPSA) is 101 Å². The fourth-order valence-electron chi connectivity index (χ4n) is 2.79. The molecular formula is C20H14ClN3O4S. The second-order valence-corrected chi connectivity index (χ2v) is 7.35. The van der Waals surface area contributed by atoms with Crippen molar-refractivity contribution in [1.82, 2.24) is 15.2 Å². The second-order valence-electron chi connectivity index (χ2n) is 5.92. The summed E-state index contributed by atoms with van der Waals surface area (Å²) in [7, 11) is 1.52. The Hall–Kier alpha value is -3.23. The van der Waals surface area contributed by atoms with Gasteiger partial charge in [0.2, 0.25) is 0 Å². The number of rotatable bonds is 6. The molecule has 0 spiro atoms. The number of thioether (sulfide) groups is 1. The van der Waals surface area contributed by atoms with Crippen LogP contribution in [-0.2, 0) is 4.79 Å². The van der Waals surface area contributed by atoms with Crippen LogP contribution in [0.1, 0.15) is 5.56 Å². The summed E-state index contributed by atoms with van der Waals surface area (Å²) in [6.07, 6.45) is 3.32. The molecule has 2 aromatic heterocycles. The Bertz CT molecular complexity index is 1230. The molecule has 4 aromatic rings. The molecule has 0 aliphatic rings. The Morgan fingerprint density at radius 2 is 2.10 bits per heavy atom. The van der Waals surface area contributed by atoms with Crippen molar-refractivity contribution < 1.29 is 19.1 Å². The third-order valence-corrected chi connectivity index (χ3v) is 5.20. The van der Waals surface area contributed by atoms with Gasteiger partial charge in [-0.1, -0.05) is 29.8 Å². The molecule has 0 atom stereocenters. The summed E-state index contributed by atoms with van der Waals surface area (Å²) in [4.78, 5) is 14.9. The van der Waals surface area contributed by atoms with Crippen molar-refractivity contribution in [2.75, 3.05) is 7.11 Å². The summed E-state index contributed by atoms with van der Waals surface area (Å²) in [6.45, 7) is 0. The zero-order valence-electron chi connectivity index (χ0n) is 15.0. The first-order chi connectivity index (χ1) is 14.0. The fraction of sp³-hybridized carbons (Fsp3) is 0.0500. The second kappa shape index (κ2) is 8.02. The van der Waals surface area contributed by atoms with Crippen molar-refractivity contribution in [3.63, 3.8) is 0 Å². The number of aromatic nitrogens is 3. The smallest absolute Gasteiger partial charge is 0.342 e. The van der Waals surface area contributed by atoms with Crippen LogP contribution >= 0.6 is 23.4 Å². The van der Waals surface area contributed by atoms with Crippen molar-refractivity contribution >= 4 is 46.3 Å². The van der Waals surface area contributed by atoms with Crippen molar-refractivity contribution in [2.24, 2.45) is 0 Å². The lowest BCUT2D eigenvalue weighted by Gasteiger charge is -2.04. The number of hydrogen-bond donors (Lipinski definition) is 2. The lowest BCUT2D eigenvalue weighted by molar-refractivity contribution is -0.131. The summed E-state index contributed by atoms with van der Waals surface area (Å²) in [6, 6.07) is 12.6. The highest BCUT2D eigenvalue weighted by molar-refractivity contribution is 8.03. The van der Waals surface area contributed by atoms with E-state index in [0.717, 1.165) is 28.2 Å². The van der Waals surface area contributed by atoms with Crippen LogP contribution < -0.4 is 4.74 Å². The lowest BCUT2D eigenvalue weighted by Crippen LogP contribution is -1.96. The van der Waals surface area contributed by atoms with Crippen molar-refractivity contribution in [3.05, 3.63) is 64.2 Å². The number of ether oxygens (including phenoxy) is 1. The Balaban J connectivity index is 1.66. The van der Waals surface area contributed by atoms with Gasteiger partial charge in [-0.2, -0.15) is 0 Å². The molecule has 0 saturated carbocycles. The first-order valence-corrected chi connectivity index (χ1v) is 9.61. The third-order valence-electron chi connectivity index (χ3n) is 4.11. The molecule has 146 valence electrons. The SMILES string of the molecule is COc1ccc(Cl)cc1-c1nnc(S/C(=C\c2c[nH]c3ccccc23)C(=O)O)o1. The third kappa shape index (κ3) is 3.98. The summed E-state index contributed by atoms with van der Waals surface area (Å²) in [5, 5.41) is 19.1. The standard InChI is InChI=1S/C20H14ClN3O4S/c1-27-16-7-6-12(21)9-14(16)18-23-24-20(28-18)29-17(19(25)26)8-11-10-22-15-5-3-2-4-13(11)15/h2-10,22H,1H3,(H,25,26)/b17-8-. The van der Waals surface area contributed by atoms with Gasteiger partial charge in [-0.3, -0.25) is 0 Å². The number of carbonyl (C=O) groups is 1. The highest BCUT2D eigenvalue weighted by Gasteiger charge is 2.18. The Kier molecular flexibility index (Phi) is 5.28. The van der Waals surface area contributed by atoms with Gasteiger partial charge in [0.1, 0.15) is 10.7 Å². The van der Waals surface area contributed by atoms with E-state index >= 15 is 0 Å². The van der Waals surface area contributed by atoms with Gasteiger partial charge in [0.25, 0.3) is 11.1 Å². The number of carboxylic acid groups (broad SMARTS) is 1. The van der Waals surface area contributed by atoms with Crippen LogP contribution in [0.2, 0.25) is 5.02 Å². The van der Waals surface area contributed by atoms with E-state index < -0.39 is 5.97 Å². The number of aromatic amines is 1. The molecule has 0 fully saturated rings. The summed E-state index contributed by atoms with van der Waals surface area (Å²) in [5.41, 5.74) is 2.19. The van der Waals surface area contributed by atoms with Crippen LogP contribution in [-0.4, -0.2) is 33.4 Å². The number of methoxy groups -OCH3 is 1. The van der Waals surface area contributed by atoms with Crippen LogP contribution in [0.25, 0.3) is 28.4 Å². The van der Waals surface area contributed by atoms with Gasteiger partial charge in [0.05, 0.1) is 12.7 Å². The largest absolute Gasteiger partial charge is 0.496 e. The van der Waals surface area contributed by atoms with Crippen LogP contribution in [0, 0.1) is 0 Å². The molecule has 4 rings (SSSR count). The number of hydrogen-bond acceptors (Lipinski definition) is 6. The Labute approximate surface area is 174 Å². The van der Waals surface area contributed by atoms with Gasteiger partial charge < -0.3 is 19.2 Å². The average molecular weight is 428 g/mol. The molecule has 2 aromatic carbocycles. The Morgan fingerprint density at radius 3 is 2.90 bits per heavy atom.